The van der Waals surface area contributed by atoms with E-state index in [1.165, 1.54) is 11.6 Å². The quantitative estimate of drug-likeness (QED) is 0.102. The number of aryl methyl sites for hydroxylation is 1. The lowest BCUT2D eigenvalue weighted by Gasteiger charge is -2.18. The number of hydrogen-bond donors (Lipinski definition) is 0. The number of ether oxygens (including phenoxy) is 3. The monoisotopic (exact) mass is 683 g/mol. The number of hydrogen-bond acceptors (Lipinski definition) is 7. The van der Waals surface area contributed by atoms with Crippen molar-refractivity contribution in [1.29, 1.82) is 0 Å². The Morgan fingerprint density at radius 2 is 1.73 bits per heavy atom. The molecule has 0 aliphatic carbocycles. The van der Waals surface area contributed by atoms with Crippen LogP contribution in [0.2, 0.25) is 0 Å². The van der Waals surface area contributed by atoms with Crippen LogP contribution in [0.5, 0.6) is 17.2 Å². The highest BCUT2D eigenvalue weighted by Crippen LogP contribution is 2.42. The Kier molecular flexibility index (Phi) is 9.65. The Labute approximate surface area is 255 Å². The first-order valence-corrected chi connectivity index (χ1v) is 14.8. The molecule has 0 radical (unpaired) electrons. The molecule has 0 spiro atoms. The van der Waals surface area contributed by atoms with Crippen LogP contribution in [0, 0.1) is 6.92 Å². The van der Waals surface area contributed by atoms with Gasteiger partial charge in [0.05, 0.1) is 34.8 Å². The fourth-order valence-electron chi connectivity index (χ4n) is 4.40. The summed E-state index contributed by atoms with van der Waals surface area (Å²) in [5, 5.41) is 5.09. The molecule has 0 saturated heterocycles. The van der Waals surface area contributed by atoms with Gasteiger partial charge in [0.1, 0.15) is 5.75 Å². The average Bonchev–Trinajstić information content (AvgIpc) is 2.93. The fraction of sp³-hybridized carbons (Fsp3) is 0.290. The van der Waals surface area contributed by atoms with E-state index in [1.54, 1.807) is 24.4 Å². The number of para-hydroxylation sites is 1. The summed E-state index contributed by atoms with van der Waals surface area (Å²) in [5.74, 6) is 1.52. The smallest absolute Gasteiger partial charge is 0.308 e. The predicted octanol–water partition coefficient (Wildman–Crippen LogP) is 7.63. The second-order valence-electron chi connectivity index (χ2n) is 9.55. The molecule has 0 aliphatic rings. The van der Waals surface area contributed by atoms with E-state index in [2.05, 4.69) is 50.8 Å². The van der Waals surface area contributed by atoms with Gasteiger partial charge in [-0.25, -0.2) is 4.98 Å². The van der Waals surface area contributed by atoms with Crippen LogP contribution in [-0.4, -0.2) is 35.1 Å². The number of halogens is 2. The molecule has 10 heteroatoms. The fourth-order valence-corrected chi connectivity index (χ4v) is 5.30. The van der Waals surface area contributed by atoms with Crippen LogP contribution in [0.25, 0.3) is 22.3 Å². The molecule has 3 aromatic carbocycles. The van der Waals surface area contributed by atoms with Crippen LogP contribution >= 0.6 is 31.9 Å². The zero-order valence-electron chi connectivity index (χ0n) is 23.7. The summed E-state index contributed by atoms with van der Waals surface area (Å²) >= 11 is 7.06. The molecule has 1 heterocycles. The summed E-state index contributed by atoms with van der Waals surface area (Å²) in [5.41, 5.74) is 3.55. The van der Waals surface area contributed by atoms with Gasteiger partial charge in [0, 0.05) is 22.5 Å². The lowest BCUT2D eigenvalue weighted by atomic mass is 9.96. The number of carbonyl (C=O) groups is 1. The van der Waals surface area contributed by atoms with Gasteiger partial charge in [-0.2, -0.15) is 9.78 Å². The van der Waals surface area contributed by atoms with Crippen LogP contribution in [0.4, 0.5) is 0 Å². The summed E-state index contributed by atoms with van der Waals surface area (Å²) in [7, 11) is 0. The SMILES string of the molecule is CCOc1cc(C)c(-c2nc3ccccc3c(=O)n2N=Cc2cc(OCC)c(OC(C)=O)c(Br)c2Br)cc1C(C)C. The van der Waals surface area contributed by atoms with Gasteiger partial charge in [0.15, 0.2) is 17.3 Å². The maximum atomic E-state index is 13.8. The van der Waals surface area contributed by atoms with Gasteiger partial charge in [-0.3, -0.25) is 9.59 Å². The third-order valence-corrected chi connectivity index (χ3v) is 8.43. The molecule has 0 saturated carbocycles. The van der Waals surface area contributed by atoms with E-state index in [9.17, 15) is 9.59 Å². The molecule has 8 nitrogen and oxygen atoms in total. The van der Waals surface area contributed by atoms with Crippen molar-refractivity contribution in [2.45, 2.75) is 47.5 Å². The van der Waals surface area contributed by atoms with Gasteiger partial charge in [-0.05, 0) is 100 Å². The van der Waals surface area contributed by atoms with Crippen molar-refractivity contribution in [2.24, 2.45) is 5.10 Å². The number of aromatic nitrogens is 2. The van der Waals surface area contributed by atoms with Gasteiger partial charge in [-0.15, -0.1) is 0 Å². The molecular formula is C31H31Br2N3O5. The van der Waals surface area contributed by atoms with Crippen LogP contribution in [0.1, 0.15) is 57.2 Å². The number of rotatable bonds is 9. The maximum absolute atomic E-state index is 13.8. The van der Waals surface area contributed by atoms with Gasteiger partial charge in [0.2, 0.25) is 0 Å². The largest absolute Gasteiger partial charge is 0.494 e. The summed E-state index contributed by atoms with van der Waals surface area (Å²) in [6.07, 6.45) is 1.55. The molecule has 0 aliphatic heterocycles. The third-order valence-electron chi connectivity index (χ3n) is 6.29. The Morgan fingerprint density at radius 1 is 1.05 bits per heavy atom. The van der Waals surface area contributed by atoms with Gasteiger partial charge < -0.3 is 14.2 Å². The van der Waals surface area contributed by atoms with Crippen molar-refractivity contribution in [3.05, 3.63) is 78.5 Å². The molecule has 0 unspecified atom stereocenters. The highest BCUT2D eigenvalue weighted by Gasteiger charge is 2.21. The summed E-state index contributed by atoms with van der Waals surface area (Å²) in [4.78, 5) is 30.4. The molecule has 4 rings (SSSR count). The van der Waals surface area contributed by atoms with E-state index >= 15 is 0 Å². The normalized spacial score (nSPS) is 11.4. The molecule has 1 aromatic heterocycles. The van der Waals surface area contributed by atoms with E-state index < -0.39 is 5.97 Å². The Balaban J connectivity index is 1.97. The topological polar surface area (TPSA) is 92.0 Å². The molecule has 41 heavy (non-hydrogen) atoms. The standard InChI is InChI=1S/C31H31Br2N3O5/c1-7-39-25-13-18(5)23(15-22(25)17(3)4)30-35-24-12-10-9-11-21(24)31(38)36(30)34-16-20-14-26(40-8-2)29(41-19(6)37)28(33)27(20)32/h9-17H,7-8H2,1-6H3. The first-order valence-electron chi connectivity index (χ1n) is 13.2. The van der Waals surface area contributed by atoms with Gasteiger partial charge in [0.25, 0.3) is 5.56 Å². The molecule has 214 valence electrons. The van der Waals surface area contributed by atoms with Gasteiger partial charge >= 0.3 is 5.97 Å². The Bertz CT molecular complexity index is 1710. The second kappa shape index (κ2) is 13.0. The molecule has 0 amide bonds. The lowest BCUT2D eigenvalue weighted by Crippen LogP contribution is -2.21. The second-order valence-corrected chi connectivity index (χ2v) is 11.1. The van der Waals surface area contributed by atoms with E-state index in [0.717, 1.165) is 22.4 Å². The zero-order valence-corrected chi connectivity index (χ0v) is 26.9. The van der Waals surface area contributed by atoms with Crippen LogP contribution in [-0.2, 0) is 4.79 Å². The Morgan fingerprint density at radius 3 is 2.39 bits per heavy atom. The molecule has 0 bridgehead atoms. The minimum atomic E-state index is -0.482. The van der Waals surface area contributed by atoms with Crippen LogP contribution in [0.15, 0.2) is 61.3 Å². The number of fused-ring (bicyclic) bond motifs is 1. The first-order chi connectivity index (χ1) is 19.6. The Hall–Kier alpha value is -3.50. The van der Waals surface area contributed by atoms with Crippen molar-refractivity contribution in [2.75, 3.05) is 13.2 Å². The third kappa shape index (κ3) is 6.38. The van der Waals surface area contributed by atoms with E-state index in [1.807, 2.05) is 45.0 Å². The molecule has 0 fully saturated rings. The summed E-state index contributed by atoms with van der Waals surface area (Å²) < 4.78 is 19.4. The number of carbonyl (C=O) groups excluding carboxylic acids is 1. The minimum absolute atomic E-state index is 0.182. The van der Waals surface area contributed by atoms with Crippen LogP contribution in [0.3, 0.4) is 0 Å². The maximum Gasteiger partial charge on any atom is 0.308 e. The van der Waals surface area contributed by atoms with Gasteiger partial charge in [-0.1, -0.05) is 26.0 Å². The van der Waals surface area contributed by atoms with Crippen molar-refractivity contribution in [3.8, 4) is 28.6 Å². The summed E-state index contributed by atoms with van der Waals surface area (Å²) in [6, 6.07) is 12.9. The predicted molar refractivity (Wildman–Crippen MR) is 169 cm³/mol. The van der Waals surface area contributed by atoms with Crippen molar-refractivity contribution >= 4 is 54.9 Å². The van der Waals surface area contributed by atoms with Crippen molar-refractivity contribution in [3.63, 3.8) is 0 Å². The molecular weight excluding hydrogens is 654 g/mol. The van der Waals surface area contributed by atoms with E-state index in [0.29, 0.717) is 50.2 Å². The zero-order chi connectivity index (χ0) is 29.8. The molecule has 4 aromatic rings. The minimum Gasteiger partial charge on any atom is -0.494 e. The molecule has 0 atom stereocenters. The van der Waals surface area contributed by atoms with E-state index in [-0.39, 0.29) is 17.2 Å². The van der Waals surface area contributed by atoms with E-state index in [4.69, 9.17) is 19.2 Å². The van der Waals surface area contributed by atoms with Crippen molar-refractivity contribution in [1.82, 2.24) is 9.66 Å². The highest BCUT2D eigenvalue weighted by molar-refractivity contribution is 9.13. The first kappa shape index (κ1) is 30.5. The lowest BCUT2D eigenvalue weighted by molar-refractivity contribution is -0.132. The van der Waals surface area contributed by atoms with Crippen LogP contribution < -0.4 is 19.8 Å². The highest BCUT2D eigenvalue weighted by atomic mass is 79.9. The number of nitrogens with zero attached hydrogens (tertiary/aromatic N) is 3. The average molecular weight is 685 g/mol. The number of esters is 1. The molecule has 0 N–H and O–H groups in total. The number of benzene rings is 3. The van der Waals surface area contributed by atoms with Crippen molar-refractivity contribution < 1.29 is 19.0 Å². The summed E-state index contributed by atoms with van der Waals surface area (Å²) in [6.45, 7) is 12.2.